The van der Waals surface area contributed by atoms with E-state index in [2.05, 4.69) is 27.0 Å². The van der Waals surface area contributed by atoms with E-state index in [0.717, 1.165) is 16.4 Å². The van der Waals surface area contributed by atoms with E-state index in [0.29, 0.717) is 10.9 Å². The number of aliphatic hydroxyl groups excluding tert-OH is 2. The Hall–Kier alpha value is -1.36. The molecule has 0 saturated heterocycles. The molecule has 2 atom stereocenters. The van der Waals surface area contributed by atoms with Gasteiger partial charge in [-0.05, 0) is 17.7 Å². The molecule has 1 heterocycles. The standard InChI is InChI=1S/C15H14BrNO2/c16-8-14(18)15(19)9-5-6-11-10-3-1-2-4-12(10)17-13(11)7-9/h1-7,14-15,17-19H,8H2. The number of H-pyrrole nitrogens is 1. The fourth-order valence-corrected chi connectivity index (χ4v) is 2.72. The minimum Gasteiger partial charge on any atom is -0.389 e. The fraction of sp³-hybridized carbons (Fsp3) is 0.200. The highest BCUT2D eigenvalue weighted by atomic mass is 79.9. The van der Waals surface area contributed by atoms with Gasteiger partial charge in [0.15, 0.2) is 0 Å². The first-order chi connectivity index (χ1) is 9.20. The van der Waals surface area contributed by atoms with Gasteiger partial charge in [-0.1, -0.05) is 46.3 Å². The Kier molecular flexibility index (Phi) is 3.31. The van der Waals surface area contributed by atoms with E-state index < -0.39 is 12.2 Å². The summed E-state index contributed by atoms with van der Waals surface area (Å²) in [5.41, 5.74) is 2.76. The van der Waals surface area contributed by atoms with Gasteiger partial charge in [-0.25, -0.2) is 0 Å². The van der Waals surface area contributed by atoms with Gasteiger partial charge < -0.3 is 15.2 Å². The molecule has 19 heavy (non-hydrogen) atoms. The molecule has 3 rings (SSSR count). The van der Waals surface area contributed by atoms with Crippen molar-refractivity contribution in [2.24, 2.45) is 0 Å². The number of nitrogens with one attached hydrogen (secondary N) is 1. The fourth-order valence-electron chi connectivity index (χ4n) is 2.36. The van der Waals surface area contributed by atoms with E-state index in [4.69, 9.17) is 0 Å². The Morgan fingerprint density at radius 2 is 1.74 bits per heavy atom. The van der Waals surface area contributed by atoms with Crippen molar-refractivity contribution in [1.29, 1.82) is 0 Å². The van der Waals surface area contributed by atoms with Crippen molar-refractivity contribution >= 4 is 37.7 Å². The van der Waals surface area contributed by atoms with Gasteiger partial charge in [-0.15, -0.1) is 0 Å². The molecule has 0 bridgehead atoms. The highest BCUT2D eigenvalue weighted by molar-refractivity contribution is 9.09. The Labute approximate surface area is 119 Å². The van der Waals surface area contributed by atoms with Crippen LogP contribution in [0.2, 0.25) is 0 Å². The lowest BCUT2D eigenvalue weighted by Gasteiger charge is -2.15. The molecule has 0 saturated carbocycles. The van der Waals surface area contributed by atoms with Crippen molar-refractivity contribution in [2.75, 3.05) is 5.33 Å². The van der Waals surface area contributed by atoms with E-state index in [1.54, 1.807) is 0 Å². The lowest BCUT2D eigenvalue weighted by molar-refractivity contribution is 0.0343. The molecule has 0 amide bonds. The number of alkyl halides is 1. The summed E-state index contributed by atoms with van der Waals surface area (Å²) < 4.78 is 0. The van der Waals surface area contributed by atoms with E-state index >= 15 is 0 Å². The van der Waals surface area contributed by atoms with Gasteiger partial charge in [0.05, 0.1) is 6.10 Å². The lowest BCUT2D eigenvalue weighted by Crippen LogP contribution is -2.19. The molecule has 0 radical (unpaired) electrons. The van der Waals surface area contributed by atoms with Crippen LogP contribution in [0.25, 0.3) is 21.8 Å². The van der Waals surface area contributed by atoms with Crippen LogP contribution in [0.1, 0.15) is 11.7 Å². The van der Waals surface area contributed by atoms with E-state index in [-0.39, 0.29) is 0 Å². The Balaban J connectivity index is 2.13. The van der Waals surface area contributed by atoms with Crippen molar-refractivity contribution in [3.63, 3.8) is 0 Å². The van der Waals surface area contributed by atoms with Gasteiger partial charge in [0.25, 0.3) is 0 Å². The van der Waals surface area contributed by atoms with Crippen LogP contribution >= 0.6 is 15.9 Å². The predicted molar refractivity (Wildman–Crippen MR) is 80.6 cm³/mol. The lowest BCUT2D eigenvalue weighted by atomic mass is 10.0. The largest absolute Gasteiger partial charge is 0.389 e. The number of fused-ring (bicyclic) bond motifs is 3. The van der Waals surface area contributed by atoms with Crippen molar-refractivity contribution in [1.82, 2.24) is 4.98 Å². The molecular weight excluding hydrogens is 306 g/mol. The molecule has 0 aliphatic rings. The zero-order valence-corrected chi connectivity index (χ0v) is 11.8. The summed E-state index contributed by atoms with van der Waals surface area (Å²) in [6.07, 6.45) is -1.68. The molecular formula is C15H14BrNO2. The number of hydrogen-bond acceptors (Lipinski definition) is 2. The summed E-state index contributed by atoms with van der Waals surface area (Å²) >= 11 is 3.17. The maximum absolute atomic E-state index is 10.0. The first-order valence-corrected chi connectivity index (χ1v) is 7.25. The predicted octanol–water partition coefficient (Wildman–Crippen LogP) is 3.11. The second kappa shape index (κ2) is 4.96. The molecule has 2 aromatic carbocycles. The van der Waals surface area contributed by atoms with Crippen molar-refractivity contribution in [3.8, 4) is 0 Å². The summed E-state index contributed by atoms with van der Waals surface area (Å²) in [7, 11) is 0. The van der Waals surface area contributed by atoms with Crippen molar-refractivity contribution in [3.05, 3.63) is 48.0 Å². The summed E-state index contributed by atoms with van der Waals surface area (Å²) in [4.78, 5) is 3.33. The second-order valence-corrected chi connectivity index (χ2v) is 5.29. The summed E-state index contributed by atoms with van der Waals surface area (Å²) in [5, 5.41) is 22.4. The monoisotopic (exact) mass is 319 g/mol. The van der Waals surface area contributed by atoms with Gasteiger partial charge in [0, 0.05) is 27.1 Å². The summed E-state index contributed by atoms with van der Waals surface area (Å²) in [5.74, 6) is 0. The van der Waals surface area contributed by atoms with Crippen LogP contribution in [0.5, 0.6) is 0 Å². The Bertz CT molecular complexity index is 722. The molecule has 0 spiro atoms. The third kappa shape index (κ3) is 2.16. The van der Waals surface area contributed by atoms with Crippen LogP contribution in [0.4, 0.5) is 0 Å². The first-order valence-electron chi connectivity index (χ1n) is 6.13. The molecule has 4 heteroatoms. The third-order valence-corrected chi connectivity index (χ3v) is 4.06. The second-order valence-electron chi connectivity index (χ2n) is 4.64. The third-order valence-electron chi connectivity index (χ3n) is 3.39. The Morgan fingerprint density at radius 1 is 1.00 bits per heavy atom. The zero-order valence-electron chi connectivity index (χ0n) is 10.2. The van der Waals surface area contributed by atoms with Gasteiger partial charge in [-0.2, -0.15) is 0 Å². The van der Waals surface area contributed by atoms with Gasteiger partial charge >= 0.3 is 0 Å². The van der Waals surface area contributed by atoms with E-state index in [1.165, 1.54) is 5.39 Å². The van der Waals surface area contributed by atoms with Gasteiger partial charge in [0.1, 0.15) is 6.10 Å². The maximum Gasteiger partial charge on any atom is 0.106 e. The number of benzene rings is 2. The summed E-state index contributed by atoms with van der Waals surface area (Å²) in [6.45, 7) is 0. The molecule has 1 aromatic heterocycles. The molecule has 3 aromatic rings. The van der Waals surface area contributed by atoms with E-state index in [9.17, 15) is 10.2 Å². The number of halogens is 1. The van der Waals surface area contributed by atoms with Crippen LogP contribution in [-0.4, -0.2) is 26.6 Å². The van der Waals surface area contributed by atoms with Crippen LogP contribution in [0.15, 0.2) is 42.5 Å². The topological polar surface area (TPSA) is 56.2 Å². The number of aromatic nitrogens is 1. The van der Waals surface area contributed by atoms with Gasteiger partial charge in [-0.3, -0.25) is 0 Å². The smallest absolute Gasteiger partial charge is 0.106 e. The normalized spacial score (nSPS) is 14.9. The Morgan fingerprint density at radius 3 is 2.53 bits per heavy atom. The van der Waals surface area contributed by atoms with Crippen LogP contribution in [0.3, 0.4) is 0 Å². The number of hydrogen-bond donors (Lipinski definition) is 3. The van der Waals surface area contributed by atoms with Crippen LogP contribution < -0.4 is 0 Å². The maximum atomic E-state index is 10.0. The molecule has 0 aliphatic heterocycles. The number of aliphatic hydroxyl groups is 2. The molecule has 2 unspecified atom stereocenters. The molecule has 3 nitrogen and oxygen atoms in total. The highest BCUT2D eigenvalue weighted by Crippen LogP contribution is 2.28. The molecule has 3 N–H and O–H groups in total. The van der Waals surface area contributed by atoms with Crippen molar-refractivity contribution < 1.29 is 10.2 Å². The summed E-state index contributed by atoms with van der Waals surface area (Å²) in [6, 6.07) is 13.8. The zero-order chi connectivity index (χ0) is 13.4. The van der Waals surface area contributed by atoms with Crippen LogP contribution in [0, 0.1) is 0 Å². The minimum absolute atomic E-state index is 0.346. The van der Waals surface area contributed by atoms with E-state index in [1.807, 2.05) is 36.4 Å². The highest BCUT2D eigenvalue weighted by Gasteiger charge is 2.17. The number of aromatic amines is 1. The first kappa shape index (κ1) is 12.7. The van der Waals surface area contributed by atoms with Crippen LogP contribution in [-0.2, 0) is 0 Å². The van der Waals surface area contributed by atoms with Crippen molar-refractivity contribution in [2.45, 2.75) is 12.2 Å². The average molecular weight is 320 g/mol. The average Bonchev–Trinajstić information content (AvgIpc) is 2.83. The molecule has 98 valence electrons. The SMILES string of the molecule is OC(CBr)C(O)c1ccc2c(c1)[nH]c1ccccc12. The minimum atomic E-state index is -0.879. The number of para-hydroxylation sites is 1. The quantitative estimate of drug-likeness (QED) is 0.650. The molecule has 0 aliphatic carbocycles. The molecule has 0 fully saturated rings. The van der Waals surface area contributed by atoms with Gasteiger partial charge in [0.2, 0.25) is 0 Å². The number of rotatable bonds is 3.